The summed E-state index contributed by atoms with van der Waals surface area (Å²) in [4.78, 5) is 0.0257. The average Bonchev–Trinajstić information content (AvgIpc) is 2.80. The van der Waals surface area contributed by atoms with E-state index in [-0.39, 0.29) is 29.6 Å². The van der Waals surface area contributed by atoms with Crippen LogP contribution in [-0.2, 0) is 28.6 Å². The van der Waals surface area contributed by atoms with Gasteiger partial charge in [-0.15, -0.1) is 0 Å². The predicted octanol–water partition coefficient (Wildman–Crippen LogP) is 4.87. The van der Waals surface area contributed by atoms with Gasteiger partial charge in [-0.25, -0.2) is 0 Å². The van der Waals surface area contributed by atoms with Crippen molar-refractivity contribution in [3.63, 3.8) is 0 Å². The summed E-state index contributed by atoms with van der Waals surface area (Å²) >= 11 is 3.34. The number of hydrogen-bond acceptors (Lipinski definition) is 7. The molecule has 0 aliphatic heterocycles. The van der Waals surface area contributed by atoms with Crippen LogP contribution in [0.2, 0.25) is 0 Å². The summed E-state index contributed by atoms with van der Waals surface area (Å²) in [5, 5.41) is 0. The van der Waals surface area contributed by atoms with E-state index < -0.39 is 26.2 Å². The van der Waals surface area contributed by atoms with Gasteiger partial charge in [0.2, 0.25) is 0 Å². The van der Waals surface area contributed by atoms with Crippen molar-refractivity contribution in [2.45, 2.75) is 23.6 Å². The van der Waals surface area contributed by atoms with Gasteiger partial charge in [-0.3, -0.25) is 8.37 Å². The van der Waals surface area contributed by atoms with Crippen LogP contribution in [0.5, 0.6) is 5.75 Å². The van der Waals surface area contributed by atoms with Gasteiger partial charge in [0.1, 0.15) is 5.75 Å². The normalized spacial score (nSPS) is 12.1. The Morgan fingerprint density at radius 1 is 0.647 bits per heavy atom. The minimum Gasteiger partial charge on any atom is -0.493 e. The van der Waals surface area contributed by atoms with Crippen molar-refractivity contribution in [3.8, 4) is 5.75 Å². The van der Waals surface area contributed by atoms with E-state index in [9.17, 15) is 16.8 Å². The first-order valence-corrected chi connectivity index (χ1v) is 14.0. The summed E-state index contributed by atoms with van der Waals surface area (Å²) in [6, 6.07) is 19.5. The molecular formula is C24H25BrO7S2. The van der Waals surface area contributed by atoms with Crippen molar-refractivity contribution in [2.75, 3.05) is 19.8 Å². The minimum absolute atomic E-state index is 0.0128. The summed E-state index contributed by atoms with van der Waals surface area (Å²) in [6.07, 6.45) is 0. The monoisotopic (exact) mass is 568 g/mol. The number of aryl methyl sites for hydroxylation is 2. The van der Waals surface area contributed by atoms with Crippen LogP contribution in [0.3, 0.4) is 0 Å². The second-order valence-corrected chi connectivity index (χ2v) is 11.9. The fraction of sp³-hybridized carbons (Fsp3) is 0.250. The zero-order chi connectivity index (χ0) is 24.8. The molecule has 0 aromatic heterocycles. The fourth-order valence-electron chi connectivity index (χ4n) is 2.81. The molecule has 0 heterocycles. The number of hydrogen-bond donors (Lipinski definition) is 0. The second kappa shape index (κ2) is 11.5. The van der Waals surface area contributed by atoms with Gasteiger partial charge < -0.3 is 4.74 Å². The van der Waals surface area contributed by atoms with Crippen LogP contribution < -0.4 is 4.74 Å². The molecule has 0 N–H and O–H groups in total. The van der Waals surface area contributed by atoms with Crippen molar-refractivity contribution in [1.29, 1.82) is 0 Å². The van der Waals surface area contributed by atoms with E-state index in [0.29, 0.717) is 5.75 Å². The number of benzene rings is 3. The Labute approximate surface area is 209 Å². The van der Waals surface area contributed by atoms with E-state index in [1.54, 1.807) is 48.5 Å². The molecule has 0 bridgehead atoms. The molecule has 0 saturated heterocycles. The van der Waals surface area contributed by atoms with Crippen molar-refractivity contribution in [3.05, 3.63) is 88.4 Å². The average molecular weight is 569 g/mol. The molecule has 0 fully saturated rings. The third kappa shape index (κ3) is 7.64. The maximum Gasteiger partial charge on any atom is 0.296 e. The van der Waals surface area contributed by atoms with Gasteiger partial charge in [-0.1, -0.05) is 51.3 Å². The molecule has 3 rings (SSSR count). The zero-order valence-corrected chi connectivity index (χ0v) is 21.9. The van der Waals surface area contributed by atoms with E-state index in [0.717, 1.165) is 15.6 Å². The Balaban J connectivity index is 1.70. The Morgan fingerprint density at radius 2 is 1.06 bits per heavy atom. The quantitative estimate of drug-likeness (QED) is 0.304. The molecule has 3 aromatic rings. The summed E-state index contributed by atoms with van der Waals surface area (Å²) < 4.78 is 67.4. The molecular weight excluding hydrogens is 544 g/mol. The first-order chi connectivity index (χ1) is 16.0. The Hall–Kier alpha value is -2.24. The molecule has 0 radical (unpaired) electrons. The number of rotatable bonds is 11. The van der Waals surface area contributed by atoms with Crippen LogP contribution in [0.1, 0.15) is 11.1 Å². The highest BCUT2D eigenvalue weighted by Crippen LogP contribution is 2.20. The maximum absolute atomic E-state index is 12.6. The lowest BCUT2D eigenvalue weighted by molar-refractivity contribution is 0.132. The molecule has 0 spiro atoms. The van der Waals surface area contributed by atoms with Gasteiger partial charge in [-0.05, 0) is 62.4 Å². The van der Waals surface area contributed by atoms with Crippen LogP contribution in [0.4, 0.5) is 0 Å². The van der Waals surface area contributed by atoms with Gasteiger partial charge in [-0.2, -0.15) is 16.8 Å². The summed E-state index contributed by atoms with van der Waals surface area (Å²) in [7, 11) is -8.08. The van der Waals surface area contributed by atoms with Gasteiger partial charge >= 0.3 is 0 Å². The van der Waals surface area contributed by atoms with Crippen LogP contribution in [0, 0.1) is 19.8 Å². The van der Waals surface area contributed by atoms with Gasteiger partial charge in [0, 0.05) is 10.4 Å². The summed E-state index contributed by atoms with van der Waals surface area (Å²) in [6.45, 7) is 3.03. The van der Waals surface area contributed by atoms with Gasteiger partial charge in [0.25, 0.3) is 20.2 Å². The SMILES string of the molecule is Cc1ccc(S(=O)(=O)OCC(COc2ccc(Br)cc2)COS(=O)(=O)c2ccc(C)cc2)cc1. The lowest BCUT2D eigenvalue weighted by Crippen LogP contribution is -2.26. The molecule has 0 aliphatic carbocycles. The molecule has 182 valence electrons. The van der Waals surface area contributed by atoms with Crippen molar-refractivity contribution in [2.24, 2.45) is 5.92 Å². The van der Waals surface area contributed by atoms with Crippen LogP contribution in [0.15, 0.2) is 87.1 Å². The molecule has 0 unspecified atom stereocenters. The number of halogens is 1. The second-order valence-electron chi connectivity index (χ2n) is 7.73. The Kier molecular flexibility index (Phi) is 8.89. The highest BCUT2D eigenvalue weighted by Gasteiger charge is 2.23. The predicted molar refractivity (Wildman–Crippen MR) is 132 cm³/mol. The summed E-state index contributed by atoms with van der Waals surface area (Å²) in [5.41, 5.74) is 1.82. The molecule has 10 heteroatoms. The first kappa shape index (κ1) is 26.4. The molecule has 0 saturated carbocycles. The van der Waals surface area contributed by atoms with Crippen molar-refractivity contribution >= 4 is 36.2 Å². The molecule has 0 aliphatic rings. The molecule has 3 aromatic carbocycles. The minimum atomic E-state index is -4.04. The van der Waals surface area contributed by atoms with Crippen molar-refractivity contribution in [1.82, 2.24) is 0 Å². The van der Waals surface area contributed by atoms with Gasteiger partial charge in [0.15, 0.2) is 0 Å². The smallest absolute Gasteiger partial charge is 0.296 e. The third-order valence-corrected chi connectivity index (χ3v) is 7.96. The largest absolute Gasteiger partial charge is 0.493 e. The maximum atomic E-state index is 12.6. The van der Waals surface area contributed by atoms with E-state index in [1.165, 1.54) is 24.3 Å². The standard InChI is InChI=1S/C24H25BrO7S2/c1-18-3-11-23(12-4-18)33(26,27)31-16-20(15-30-22-9-7-21(25)8-10-22)17-32-34(28,29)24-13-5-19(2)6-14-24/h3-14,20H,15-17H2,1-2H3. The Morgan fingerprint density at radius 3 is 1.47 bits per heavy atom. The van der Waals surface area contributed by atoms with E-state index in [1.807, 2.05) is 13.8 Å². The molecule has 0 amide bonds. The van der Waals surface area contributed by atoms with Crippen molar-refractivity contribution < 1.29 is 29.9 Å². The fourth-order valence-corrected chi connectivity index (χ4v) is 5.03. The van der Waals surface area contributed by atoms with Gasteiger partial charge in [0.05, 0.1) is 29.6 Å². The zero-order valence-electron chi connectivity index (χ0n) is 18.7. The first-order valence-electron chi connectivity index (χ1n) is 10.4. The van der Waals surface area contributed by atoms with Crippen LogP contribution in [0.25, 0.3) is 0 Å². The molecule has 0 atom stereocenters. The third-order valence-electron chi connectivity index (χ3n) is 4.84. The van der Waals surface area contributed by atoms with Crippen LogP contribution in [-0.4, -0.2) is 36.7 Å². The number of ether oxygens (including phenoxy) is 1. The summed E-state index contributed by atoms with van der Waals surface area (Å²) in [5.74, 6) is -0.153. The van der Waals surface area contributed by atoms with E-state index in [4.69, 9.17) is 13.1 Å². The molecule has 7 nitrogen and oxygen atoms in total. The van der Waals surface area contributed by atoms with Crippen LogP contribution >= 0.6 is 15.9 Å². The van der Waals surface area contributed by atoms with E-state index >= 15 is 0 Å². The Bertz CT molecular complexity index is 1210. The highest BCUT2D eigenvalue weighted by molar-refractivity contribution is 9.10. The lowest BCUT2D eigenvalue weighted by Gasteiger charge is -2.18. The lowest BCUT2D eigenvalue weighted by atomic mass is 10.2. The topological polar surface area (TPSA) is 96.0 Å². The van der Waals surface area contributed by atoms with E-state index in [2.05, 4.69) is 15.9 Å². The molecule has 34 heavy (non-hydrogen) atoms. The highest BCUT2D eigenvalue weighted by atomic mass is 79.9.